The zero-order valence-corrected chi connectivity index (χ0v) is 20.5. The van der Waals surface area contributed by atoms with E-state index in [1.54, 1.807) is 30.3 Å². The van der Waals surface area contributed by atoms with Crippen LogP contribution >= 0.6 is 0 Å². The molecule has 0 aliphatic carbocycles. The van der Waals surface area contributed by atoms with Gasteiger partial charge in [-0.05, 0) is 61.1 Å². The van der Waals surface area contributed by atoms with Crippen LogP contribution in [-0.2, 0) is 14.8 Å². The zero-order chi connectivity index (χ0) is 24.0. The smallest absolute Gasteiger partial charge is 0.264 e. The fraction of sp³-hybridized carbons (Fsp3) is 0.296. The summed E-state index contributed by atoms with van der Waals surface area (Å²) in [6.07, 6.45) is 0.755. The second-order valence-electron chi connectivity index (χ2n) is 8.78. The lowest BCUT2D eigenvalue weighted by Gasteiger charge is -2.28. The Labute approximate surface area is 197 Å². The first kappa shape index (κ1) is 24.5. The average molecular weight is 465 g/mol. The van der Waals surface area contributed by atoms with Crippen LogP contribution in [0.2, 0.25) is 0 Å². The van der Waals surface area contributed by atoms with Crippen LogP contribution in [0.4, 0.5) is 5.69 Å². The third-order valence-corrected chi connectivity index (χ3v) is 7.27. The van der Waals surface area contributed by atoms with Crippen LogP contribution in [0.3, 0.4) is 0 Å². The molecule has 1 N–H and O–H groups in total. The van der Waals surface area contributed by atoms with Gasteiger partial charge in [0.15, 0.2) is 0 Å². The van der Waals surface area contributed by atoms with Crippen molar-refractivity contribution in [3.05, 3.63) is 95.6 Å². The SMILES string of the molecule is Cc1ccc(C)c(N(CC(=O)N[C@H](CC(C)C)c2ccccc2)S(=O)(=O)c2ccccc2)c1. The van der Waals surface area contributed by atoms with Crippen molar-refractivity contribution in [1.29, 1.82) is 0 Å². The quantitative estimate of drug-likeness (QED) is 0.461. The summed E-state index contributed by atoms with van der Waals surface area (Å²) in [5.41, 5.74) is 3.22. The highest BCUT2D eigenvalue weighted by molar-refractivity contribution is 7.92. The van der Waals surface area contributed by atoms with Gasteiger partial charge >= 0.3 is 0 Å². The van der Waals surface area contributed by atoms with E-state index >= 15 is 0 Å². The van der Waals surface area contributed by atoms with Crippen molar-refractivity contribution in [2.24, 2.45) is 5.92 Å². The molecule has 0 saturated carbocycles. The van der Waals surface area contributed by atoms with Crippen molar-refractivity contribution in [2.45, 2.75) is 45.1 Å². The summed E-state index contributed by atoms with van der Waals surface area (Å²) >= 11 is 0. The predicted molar refractivity (Wildman–Crippen MR) is 134 cm³/mol. The normalized spacial score (nSPS) is 12.4. The summed E-state index contributed by atoms with van der Waals surface area (Å²) in [7, 11) is -3.94. The van der Waals surface area contributed by atoms with E-state index < -0.39 is 10.0 Å². The van der Waals surface area contributed by atoms with Crippen molar-refractivity contribution in [3.8, 4) is 0 Å². The van der Waals surface area contributed by atoms with Gasteiger partial charge in [0.2, 0.25) is 5.91 Å². The number of aryl methyl sites for hydroxylation is 2. The minimum absolute atomic E-state index is 0.153. The van der Waals surface area contributed by atoms with Crippen LogP contribution in [0.5, 0.6) is 0 Å². The van der Waals surface area contributed by atoms with Crippen LogP contribution < -0.4 is 9.62 Å². The number of nitrogens with zero attached hydrogens (tertiary/aromatic N) is 1. The Kier molecular flexibility index (Phi) is 7.92. The van der Waals surface area contributed by atoms with E-state index in [-0.39, 0.29) is 23.4 Å². The molecule has 0 aliphatic rings. The van der Waals surface area contributed by atoms with Gasteiger partial charge in [0.1, 0.15) is 6.54 Å². The number of amides is 1. The number of carbonyl (C=O) groups is 1. The molecule has 0 saturated heterocycles. The third-order valence-electron chi connectivity index (χ3n) is 5.50. The maximum atomic E-state index is 13.6. The molecule has 6 heteroatoms. The van der Waals surface area contributed by atoms with Gasteiger partial charge in [-0.3, -0.25) is 9.10 Å². The maximum absolute atomic E-state index is 13.6. The lowest BCUT2D eigenvalue weighted by molar-refractivity contribution is -0.120. The fourth-order valence-electron chi connectivity index (χ4n) is 3.81. The molecule has 0 bridgehead atoms. The number of carbonyl (C=O) groups excluding carboxylic acids is 1. The summed E-state index contributed by atoms with van der Waals surface area (Å²) < 4.78 is 28.4. The molecule has 3 aromatic carbocycles. The van der Waals surface area contributed by atoms with E-state index in [0.29, 0.717) is 11.6 Å². The molecule has 33 heavy (non-hydrogen) atoms. The van der Waals surface area contributed by atoms with Crippen molar-refractivity contribution >= 4 is 21.6 Å². The van der Waals surface area contributed by atoms with Crippen molar-refractivity contribution in [2.75, 3.05) is 10.8 Å². The highest BCUT2D eigenvalue weighted by Crippen LogP contribution is 2.28. The Balaban J connectivity index is 1.96. The Hall–Kier alpha value is -3.12. The molecule has 3 aromatic rings. The molecule has 1 atom stereocenters. The lowest BCUT2D eigenvalue weighted by atomic mass is 9.97. The molecule has 0 aliphatic heterocycles. The highest BCUT2D eigenvalue weighted by atomic mass is 32.2. The van der Waals surface area contributed by atoms with Gasteiger partial charge in [-0.2, -0.15) is 0 Å². The summed E-state index contributed by atoms with van der Waals surface area (Å²) in [6.45, 7) is 7.66. The molecule has 3 rings (SSSR count). The highest BCUT2D eigenvalue weighted by Gasteiger charge is 2.29. The summed E-state index contributed by atoms with van der Waals surface area (Å²) in [6, 6.07) is 23.4. The zero-order valence-electron chi connectivity index (χ0n) is 19.7. The molecule has 0 fully saturated rings. The number of rotatable bonds is 9. The van der Waals surface area contributed by atoms with Crippen LogP contribution in [0.25, 0.3) is 0 Å². The van der Waals surface area contributed by atoms with Crippen LogP contribution in [-0.4, -0.2) is 20.9 Å². The van der Waals surface area contributed by atoms with Crippen molar-refractivity contribution in [3.63, 3.8) is 0 Å². The summed E-state index contributed by atoms with van der Waals surface area (Å²) in [4.78, 5) is 13.4. The molecule has 5 nitrogen and oxygen atoms in total. The minimum atomic E-state index is -3.94. The molecule has 0 spiro atoms. The number of anilines is 1. The van der Waals surface area contributed by atoms with E-state index in [4.69, 9.17) is 0 Å². The number of benzene rings is 3. The number of hydrogen-bond donors (Lipinski definition) is 1. The first-order valence-electron chi connectivity index (χ1n) is 11.2. The van der Waals surface area contributed by atoms with Gasteiger partial charge in [0, 0.05) is 0 Å². The minimum Gasteiger partial charge on any atom is -0.348 e. The second-order valence-corrected chi connectivity index (χ2v) is 10.6. The van der Waals surface area contributed by atoms with Crippen molar-refractivity contribution in [1.82, 2.24) is 5.32 Å². The number of nitrogens with one attached hydrogen (secondary N) is 1. The van der Waals surface area contributed by atoms with E-state index in [1.807, 2.05) is 62.4 Å². The Bertz CT molecular complexity index is 1180. The average Bonchev–Trinajstić information content (AvgIpc) is 2.79. The van der Waals surface area contributed by atoms with Gasteiger partial charge in [0.05, 0.1) is 16.6 Å². The molecular formula is C27H32N2O3S. The molecule has 1 amide bonds. The summed E-state index contributed by atoms with van der Waals surface area (Å²) in [5.74, 6) is 0.0172. The predicted octanol–water partition coefficient (Wildman–Crippen LogP) is 5.40. The van der Waals surface area contributed by atoms with E-state index in [1.165, 1.54) is 4.31 Å². The molecule has 0 heterocycles. The maximum Gasteiger partial charge on any atom is 0.264 e. The Morgan fingerprint density at radius 3 is 2.12 bits per heavy atom. The Morgan fingerprint density at radius 2 is 1.52 bits per heavy atom. The monoisotopic (exact) mass is 464 g/mol. The van der Waals surface area contributed by atoms with E-state index in [9.17, 15) is 13.2 Å². The standard InChI is InChI=1S/C27H32N2O3S/c1-20(2)17-25(23-11-7-5-8-12-23)28-27(30)19-29(26-18-21(3)15-16-22(26)4)33(31,32)24-13-9-6-10-14-24/h5-16,18,20,25H,17,19H2,1-4H3,(H,28,30)/t25-/m1/s1. The Morgan fingerprint density at radius 1 is 0.909 bits per heavy atom. The van der Waals surface area contributed by atoms with E-state index in [0.717, 1.165) is 23.1 Å². The van der Waals surface area contributed by atoms with E-state index in [2.05, 4.69) is 19.2 Å². The molecule has 0 radical (unpaired) electrons. The number of hydrogen-bond acceptors (Lipinski definition) is 3. The fourth-order valence-corrected chi connectivity index (χ4v) is 5.31. The summed E-state index contributed by atoms with van der Waals surface area (Å²) in [5, 5.41) is 3.08. The second kappa shape index (κ2) is 10.7. The lowest BCUT2D eigenvalue weighted by Crippen LogP contribution is -2.42. The first-order valence-corrected chi connectivity index (χ1v) is 12.6. The van der Waals surface area contributed by atoms with Crippen LogP contribution in [0.1, 0.15) is 43.0 Å². The molecule has 0 unspecified atom stereocenters. The third kappa shape index (κ3) is 6.23. The van der Waals surface area contributed by atoms with Gasteiger partial charge in [-0.25, -0.2) is 8.42 Å². The van der Waals surface area contributed by atoms with Gasteiger partial charge in [-0.15, -0.1) is 0 Å². The van der Waals surface area contributed by atoms with Gasteiger partial charge < -0.3 is 5.32 Å². The van der Waals surface area contributed by atoms with Gasteiger partial charge in [-0.1, -0.05) is 74.5 Å². The van der Waals surface area contributed by atoms with Crippen LogP contribution in [0.15, 0.2) is 83.8 Å². The number of sulfonamides is 1. The first-order chi connectivity index (χ1) is 15.7. The molecule has 174 valence electrons. The van der Waals surface area contributed by atoms with Gasteiger partial charge in [0.25, 0.3) is 10.0 Å². The topological polar surface area (TPSA) is 66.5 Å². The van der Waals surface area contributed by atoms with Crippen molar-refractivity contribution < 1.29 is 13.2 Å². The van der Waals surface area contributed by atoms with Crippen LogP contribution in [0, 0.1) is 19.8 Å². The molecule has 0 aromatic heterocycles. The molecular weight excluding hydrogens is 432 g/mol. The largest absolute Gasteiger partial charge is 0.348 e.